The molecule has 5 rings (SSSR count). The number of benzene rings is 1. The van der Waals surface area contributed by atoms with Gasteiger partial charge in [0.25, 0.3) is 6.01 Å². The van der Waals surface area contributed by atoms with E-state index in [1.54, 1.807) is 36.0 Å². The van der Waals surface area contributed by atoms with Crippen LogP contribution in [0.5, 0.6) is 0 Å². The van der Waals surface area contributed by atoms with Gasteiger partial charge in [-0.15, -0.1) is 11.3 Å². The molecule has 1 aromatic carbocycles. The van der Waals surface area contributed by atoms with Gasteiger partial charge in [0.05, 0.1) is 35.4 Å². The second-order valence-electron chi connectivity index (χ2n) is 10.6. The van der Waals surface area contributed by atoms with Crippen molar-refractivity contribution in [3.63, 3.8) is 0 Å². The van der Waals surface area contributed by atoms with Crippen LogP contribution in [0.3, 0.4) is 0 Å². The Morgan fingerprint density at radius 2 is 1.87 bits per heavy atom. The molecule has 39 heavy (non-hydrogen) atoms. The first kappa shape index (κ1) is 27.2. The average Bonchev–Trinajstić information content (AvgIpc) is 3.51. The van der Waals surface area contributed by atoms with Gasteiger partial charge in [-0.3, -0.25) is 4.90 Å². The van der Waals surface area contributed by atoms with Crippen LogP contribution in [-0.2, 0) is 15.7 Å². The summed E-state index contributed by atoms with van der Waals surface area (Å²) in [5.74, 6) is -1.10. The van der Waals surface area contributed by atoms with Gasteiger partial charge in [0, 0.05) is 24.7 Å². The molecule has 0 saturated carbocycles. The molecule has 2 fully saturated rings. The molecule has 2 unspecified atom stereocenters. The summed E-state index contributed by atoms with van der Waals surface area (Å²) in [4.78, 5) is 37.7. The third-order valence-electron chi connectivity index (χ3n) is 6.70. The van der Waals surface area contributed by atoms with Crippen LogP contribution in [0.25, 0.3) is 21.7 Å². The number of oxazole rings is 1. The number of hydrogen-bond acceptors (Lipinski definition) is 9. The third kappa shape index (κ3) is 5.28. The lowest BCUT2D eigenvalue weighted by atomic mass is 9.92. The van der Waals surface area contributed by atoms with Gasteiger partial charge in [0.2, 0.25) is 0 Å². The zero-order chi connectivity index (χ0) is 28.1. The molecule has 3 aromatic rings. The number of carbonyl (C=O) groups is 2. The van der Waals surface area contributed by atoms with Gasteiger partial charge in [-0.2, -0.15) is 18.2 Å². The number of carbonyl (C=O) groups excluding carboxylic acids is 2. The Balaban J connectivity index is 1.59. The van der Waals surface area contributed by atoms with E-state index in [2.05, 4.69) is 9.97 Å². The van der Waals surface area contributed by atoms with E-state index < -0.39 is 40.5 Å². The van der Waals surface area contributed by atoms with Gasteiger partial charge in [-0.25, -0.2) is 14.6 Å². The first-order valence-electron chi connectivity index (χ1n) is 12.8. The second-order valence-corrected chi connectivity index (χ2v) is 11.5. The van der Waals surface area contributed by atoms with Crippen LogP contribution in [0.15, 0.2) is 22.1 Å². The number of alkyl halides is 3. The summed E-state index contributed by atoms with van der Waals surface area (Å²) in [5.41, 5.74) is -2.87. The summed E-state index contributed by atoms with van der Waals surface area (Å²) in [6.07, 6.45) is -1.43. The van der Waals surface area contributed by atoms with Crippen molar-refractivity contribution in [2.75, 3.05) is 24.6 Å². The number of esters is 1. The smallest absolute Gasteiger partial charge is 0.419 e. The number of amides is 1. The number of rotatable bonds is 4. The average molecular weight is 567 g/mol. The molecule has 0 aliphatic carbocycles. The van der Waals surface area contributed by atoms with Crippen molar-refractivity contribution in [2.45, 2.75) is 70.8 Å². The number of piperazine rings is 1. The van der Waals surface area contributed by atoms with E-state index in [4.69, 9.17) is 13.9 Å². The molecule has 9 nitrogen and oxygen atoms in total. The minimum absolute atomic E-state index is 0.00458. The molecule has 4 heterocycles. The lowest BCUT2D eigenvalue weighted by Crippen LogP contribution is -2.63. The number of ether oxygens (including phenoxy) is 2. The Hall–Kier alpha value is -3.35. The summed E-state index contributed by atoms with van der Waals surface area (Å²) >= 11 is 1.20. The first-order valence-corrected chi connectivity index (χ1v) is 13.6. The lowest BCUT2D eigenvalue weighted by Gasteiger charge is -2.49. The second kappa shape index (κ2) is 10.00. The Bertz CT molecular complexity index is 1370. The van der Waals surface area contributed by atoms with Crippen molar-refractivity contribution in [3.8, 4) is 10.6 Å². The predicted molar refractivity (Wildman–Crippen MR) is 138 cm³/mol. The number of fused-ring (bicyclic) bond motifs is 3. The highest BCUT2D eigenvalue weighted by atomic mass is 32.1. The summed E-state index contributed by atoms with van der Waals surface area (Å²) in [5, 5.41) is 2.06. The number of thiazole rings is 1. The number of hydrogen-bond donors (Lipinski definition) is 0. The molecule has 2 aliphatic heterocycles. The van der Waals surface area contributed by atoms with Crippen molar-refractivity contribution in [1.29, 1.82) is 0 Å². The molecule has 1 amide bonds. The van der Waals surface area contributed by atoms with Gasteiger partial charge in [-0.1, -0.05) is 0 Å². The Kier molecular flexibility index (Phi) is 6.98. The molecule has 210 valence electrons. The summed E-state index contributed by atoms with van der Waals surface area (Å²) in [7, 11) is 0. The molecule has 0 spiro atoms. The van der Waals surface area contributed by atoms with Crippen LogP contribution in [0.1, 0.15) is 62.9 Å². The van der Waals surface area contributed by atoms with Crippen molar-refractivity contribution < 1.29 is 36.7 Å². The SMILES string of the molecule is CCOC(=O)c1cc(-c2nccs2)c2oc(N3CC4CCCC(C3)N4C(=O)OC(C)(C)C)nc2c1C(F)(F)F. The maximum atomic E-state index is 14.4. The van der Waals surface area contributed by atoms with E-state index >= 15 is 0 Å². The molecule has 0 N–H and O–H groups in total. The predicted octanol–water partition coefficient (Wildman–Crippen LogP) is 6.13. The molecular weight excluding hydrogens is 537 g/mol. The first-order chi connectivity index (χ1) is 18.4. The fourth-order valence-electron chi connectivity index (χ4n) is 5.25. The number of halogens is 3. The zero-order valence-electron chi connectivity index (χ0n) is 22.0. The van der Waals surface area contributed by atoms with E-state index in [0.717, 1.165) is 25.3 Å². The molecule has 2 aromatic heterocycles. The summed E-state index contributed by atoms with van der Waals surface area (Å²) in [6.45, 7) is 7.49. The fraction of sp³-hybridized carbons (Fsp3) is 0.538. The number of nitrogens with zero attached hydrogens (tertiary/aromatic N) is 4. The van der Waals surface area contributed by atoms with Crippen LogP contribution >= 0.6 is 11.3 Å². The number of anilines is 1. The molecule has 2 bridgehead atoms. The quantitative estimate of drug-likeness (QED) is 0.348. The highest BCUT2D eigenvalue weighted by molar-refractivity contribution is 7.13. The Morgan fingerprint density at radius 3 is 2.44 bits per heavy atom. The van der Waals surface area contributed by atoms with Gasteiger partial charge in [0.1, 0.15) is 16.1 Å². The maximum Gasteiger partial charge on any atom is 0.419 e. The molecule has 2 aliphatic rings. The van der Waals surface area contributed by atoms with Crippen molar-refractivity contribution in [1.82, 2.24) is 14.9 Å². The maximum absolute atomic E-state index is 14.4. The zero-order valence-corrected chi connectivity index (χ0v) is 22.8. The van der Waals surface area contributed by atoms with Gasteiger partial charge in [0.15, 0.2) is 5.58 Å². The Labute approximate surface area is 226 Å². The highest BCUT2D eigenvalue weighted by Gasteiger charge is 2.45. The normalized spacial score (nSPS) is 19.9. The number of aromatic nitrogens is 2. The molecule has 13 heteroatoms. The molecule has 2 atom stereocenters. The van der Waals surface area contributed by atoms with Gasteiger partial charge >= 0.3 is 18.2 Å². The largest absolute Gasteiger partial charge is 0.462 e. The van der Waals surface area contributed by atoms with Gasteiger partial charge < -0.3 is 18.8 Å². The standard InChI is InChI=1S/C26H29F3N4O5S/c1-5-36-22(34)16-11-17(21-30-9-10-39-21)20-19(18(16)26(27,28)29)31-23(37-20)32-12-14-7-6-8-15(13-32)33(14)24(35)38-25(2,3)4/h9-11,14-15H,5-8,12-13H2,1-4H3. The molecule has 0 radical (unpaired) electrons. The van der Waals surface area contributed by atoms with E-state index in [9.17, 15) is 22.8 Å². The van der Waals surface area contributed by atoms with Crippen LogP contribution in [0.4, 0.5) is 24.0 Å². The van der Waals surface area contributed by atoms with Crippen molar-refractivity contribution in [2.24, 2.45) is 0 Å². The highest BCUT2D eigenvalue weighted by Crippen LogP contribution is 2.44. The van der Waals surface area contributed by atoms with Crippen molar-refractivity contribution >= 4 is 40.5 Å². The van der Waals surface area contributed by atoms with E-state index in [1.807, 2.05) is 0 Å². The van der Waals surface area contributed by atoms with E-state index in [0.29, 0.717) is 18.1 Å². The monoisotopic (exact) mass is 566 g/mol. The van der Waals surface area contributed by atoms with Crippen molar-refractivity contribution in [3.05, 3.63) is 28.8 Å². The number of piperidine rings is 1. The van der Waals surface area contributed by atoms with Crippen LogP contribution in [-0.4, -0.2) is 64.3 Å². The molecular formula is C26H29F3N4O5S. The summed E-state index contributed by atoms with van der Waals surface area (Å²) in [6, 6.07) is 0.692. The Morgan fingerprint density at radius 1 is 1.18 bits per heavy atom. The lowest BCUT2D eigenvalue weighted by molar-refractivity contribution is -0.137. The van der Waals surface area contributed by atoms with E-state index in [-0.39, 0.29) is 35.9 Å². The topological polar surface area (TPSA) is 98.0 Å². The van der Waals surface area contributed by atoms with Crippen LogP contribution in [0, 0.1) is 0 Å². The molecule has 2 saturated heterocycles. The fourth-order valence-corrected chi connectivity index (χ4v) is 5.90. The van der Waals surface area contributed by atoms with E-state index in [1.165, 1.54) is 24.5 Å². The van der Waals surface area contributed by atoms with Crippen LogP contribution in [0.2, 0.25) is 0 Å². The minimum atomic E-state index is -4.90. The third-order valence-corrected chi connectivity index (χ3v) is 7.50. The summed E-state index contributed by atoms with van der Waals surface area (Å²) < 4.78 is 59.8. The van der Waals surface area contributed by atoms with Gasteiger partial charge in [-0.05, 0) is 53.0 Å². The minimum Gasteiger partial charge on any atom is -0.462 e. The van der Waals surface area contributed by atoms with Crippen LogP contribution < -0.4 is 4.90 Å².